The van der Waals surface area contributed by atoms with Gasteiger partial charge in [-0.3, -0.25) is 4.79 Å². The average Bonchev–Trinajstić information content (AvgIpc) is 2.49. The van der Waals surface area contributed by atoms with Crippen molar-refractivity contribution in [2.75, 3.05) is 6.61 Å². The molecule has 0 aliphatic heterocycles. The van der Waals surface area contributed by atoms with Crippen LogP contribution < -0.4 is 10.2 Å². The first-order chi connectivity index (χ1) is 10.1. The lowest BCUT2D eigenvalue weighted by atomic mass is 10.2. The molecule has 0 unspecified atom stereocenters. The van der Waals surface area contributed by atoms with Gasteiger partial charge in [-0.25, -0.2) is 5.43 Å². The number of rotatable bonds is 5. The SMILES string of the molecule is Cc1ccc(OCC(=O)N/N=C/c2ccccc2Cl)cc1. The minimum absolute atomic E-state index is 0.0943. The zero-order valence-corrected chi connectivity index (χ0v) is 12.3. The summed E-state index contributed by atoms with van der Waals surface area (Å²) in [6.07, 6.45) is 1.49. The summed E-state index contributed by atoms with van der Waals surface area (Å²) in [6, 6.07) is 14.7. The molecule has 0 saturated heterocycles. The van der Waals surface area contributed by atoms with E-state index < -0.39 is 0 Å². The maximum absolute atomic E-state index is 11.6. The van der Waals surface area contributed by atoms with Gasteiger partial charge < -0.3 is 4.74 Å². The molecule has 2 rings (SSSR count). The second-order valence-corrected chi connectivity index (χ2v) is 4.82. The lowest BCUT2D eigenvalue weighted by molar-refractivity contribution is -0.123. The maximum Gasteiger partial charge on any atom is 0.277 e. The number of amides is 1. The van der Waals surface area contributed by atoms with Crippen LogP contribution in [-0.2, 0) is 4.79 Å². The summed E-state index contributed by atoms with van der Waals surface area (Å²) in [5.41, 5.74) is 4.26. The van der Waals surface area contributed by atoms with Crippen molar-refractivity contribution in [3.63, 3.8) is 0 Å². The molecule has 0 bridgehead atoms. The molecule has 0 heterocycles. The molecule has 2 aromatic rings. The Hall–Kier alpha value is -2.33. The second-order valence-electron chi connectivity index (χ2n) is 4.42. The van der Waals surface area contributed by atoms with Crippen LogP contribution in [0.4, 0.5) is 0 Å². The van der Waals surface area contributed by atoms with Crippen LogP contribution in [0, 0.1) is 6.92 Å². The topological polar surface area (TPSA) is 50.7 Å². The smallest absolute Gasteiger partial charge is 0.277 e. The number of nitrogens with zero attached hydrogens (tertiary/aromatic N) is 1. The third-order valence-corrected chi connectivity index (χ3v) is 3.03. The minimum Gasteiger partial charge on any atom is -0.484 e. The molecule has 21 heavy (non-hydrogen) atoms. The van der Waals surface area contributed by atoms with Gasteiger partial charge in [-0.05, 0) is 25.1 Å². The highest BCUT2D eigenvalue weighted by Crippen LogP contribution is 2.12. The summed E-state index contributed by atoms with van der Waals surface area (Å²) >= 11 is 5.96. The quantitative estimate of drug-likeness (QED) is 0.681. The van der Waals surface area contributed by atoms with Crippen molar-refractivity contribution in [1.29, 1.82) is 0 Å². The van der Waals surface area contributed by atoms with Crippen LogP contribution in [0.1, 0.15) is 11.1 Å². The summed E-state index contributed by atoms with van der Waals surface area (Å²) in [4.78, 5) is 11.6. The zero-order chi connectivity index (χ0) is 15.1. The highest BCUT2D eigenvalue weighted by Gasteiger charge is 2.01. The lowest BCUT2D eigenvalue weighted by Crippen LogP contribution is -2.24. The van der Waals surface area contributed by atoms with E-state index in [0.29, 0.717) is 10.8 Å². The molecule has 0 spiro atoms. The molecule has 0 radical (unpaired) electrons. The number of hydrogen-bond acceptors (Lipinski definition) is 3. The molecule has 4 nitrogen and oxygen atoms in total. The number of nitrogens with one attached hydrogen (secondary N) is 1. The molecule has 2 aromatic carbocycles. The molecule has 1 amide bonds. The van der Waals surface area contributed by atoms with Crippen molar-refractivity contribution in [2.24, 2.45) is 5.10 Å². The number of carbonyl (C=O) groups is 1. The van der Waals surface area contributed by atoms with Crippen LogP contribution in [0.15, 0.2) is 53.6 Å². The largest absolute Gasteiger partial charge is 0.484 e. The average molecular weight is 303 g/mol. The Morgan fingerprint density at radius 3 is 2.67 bits per heavy atom. The van der Waals surface area contributed by atoms with Crippen molar-refractivity contribution in [3.8, 4) is 5.75 Å². The van der Waals surface area contributed by atoms with E-state index in [9.17, 15) is 4.79 Å². The van der Waals surface area contributed by atoms with E-state index in [1.165, 1.54) is 6.21 Å². The van der Waals surface area contributed by atoms with Gasteiger partial charge in [-0.1, -0.05) is 47.5 Å². The fraction of sp³-hybridized carbons (Fsp3) is 0.125. The molecular formula is C16H15ClN2O2. The zero-order valence-electron chi connectivity index (χ0n) is 11.5. The summed E-state index contributed by atoms with van der Waals surface area (Å²) in [7, 11) is 0. The summed E-state index contributed by atoms with van der Waals surface area (Å²) < 4.78 is 5.34. The number of halogens is 1. The minimum atomic E-state index is -0.334. The van der Waals surface area contributed by atoms with Gasteiger partial charge >= 0.3 is 0 Å². The Bertz CT molecular complexity index is 639. The highest BCUT2D eigenvalue weighted by molar-refractivity contribution is 6.33. The molecule has 0 saturated carbocycles. The molecule has 0 fully saturated rings. The van der Waals surface area contributed by atoms with Gasteiger partial charge in [0.15, 0.2) is 6.61 Å². The van der Waals surface area contributed by atoms with Gasteiger partial charge in [0.05, 0.1) is 6.21 Å². The second kappa shape index (κ2) is 7.45. The summed E-state index contributed by atoms with van der Waals surface area (Å²) in [5, 5.41) is 4.42. The first-order valence-electron chi connectivity index (χ1n) is 6.41. The van der Waals surface area contributed by atoms with Gasteiger partial charge in [0, 0.05) is 10.6 Å². The Balaban J connectivity index is 1.80. The lowest BCUT2D eigenvalue weighted by Gasteiger charge is -2.05. The van der Waals surface area contributed by atoms with Crippen molar-refractivity contribution in [1.82, 2.24) is 5.43 Å². The molecule has 0 aliphatic carbocycles. The number of hydrazone groups is 1. The highest BCUT2D eigenvalue weighted by atomic mass is 35.5. The number of benzene rings is 2. The van der Waals surface area contributed by atoms with E-state index in [1.807, 2.05) is 43.3 Å². The van der Waals surface area contributed by atoms with Gasteiger partial charge in [0.25, 0.3) is 5.91 Å². The number of ether oxygens (including phenoxy) is 1. The Morgan fingerprint density at radius 2 is 1.95 bits per heavy atom. The fourth-order valence-electron chi connectivity index (χ4n) is 1.57. The van der Waals surface area contributed by atoms with Crippen LogP contribution in [0.5, 0.6) is 5.75 Å². The van der Waals surface area contributed by atoms with E-state index in [0.717, 1.165) is 11.1 Å². The number of aryl methyl sites for hydroxylation is 1. The third kappa shape index (κ3) is 4.93. The van der Waals surface area contributed by atoms with Gasteiger partial charge in [0.1, 0.15) is 5.75 Å². The third-order valence-electron chi connectivity index (χ3n) is 2.69. The van der Waals surface area contributed by atoms with Crippen LogP contribution in [0.25, 0.3) is 0 Å². The molecule has 0 aliphatic rings. The molecule has 108 valence electrons. The summed E-state index contributed by atoms with van der Waals surface area (Å²) in [6.45, 7) is 1.89. The van der Waals surface area contributed by atoms with Crippen LogP contribution in [0.2, 0.25) is 5.02 Å². The molecule has 5 heteroatoms. The number of carbonyl (C=O) groups excluding carboxylic acids is 1. The van der Waals surface area contributed by atoms with E-state index in [1.54, 1.807) is 12.1 Å². The van der Waals surface area contributed by atoms with Crippen LogP contribution in [0.3, 0.4) is 0 Å². The Kier molecular flexibility index (Phi) is 5.35. The molecule has 0 atom stereocenters. The van der Waals surface area contributed by atoms with Crippen molar-refractivity contribution >= 4 is 23.7 Å². The standard InChI is InChI=1S/C16H15ClN2O2/c1-12-6-8-14(9-7-12)21-11-16(20)19-18-10-13-4-2-3-5-15(13)17/h2-10H,11H2,1H3,(H,19,20)/b18-10+. The first-order valence-corrected chi connectivity index (χ1v) is 6.79. The van der Waals surface area contributed by atoms with Gasteiger partial charge in [-0.2, -0.15) is 5.10 Å². The van der Waals surface area contributed by atoms with E-state index in [-0.39, 0.29) is 12.5 Å². The van der Waals surface area contributed by atoms with Crippen molar-refractivity contribution in [2.45, 2.75) is 6.92 Å². The monoisotopic (exact) mass is 302 g/mol. The van der Waals surface area contributed by atoms with Crippen LogP contribution >= 0.6 is 11.6 Å². The fourth-order valence-corrected chi connectivity index (χ4v) is 1.75. The summed E-state index contributed by atoms with van der Waals surface area (Å²) in [5.74, 6) is 0.310. The van der Waals surface area contributed by atoms with Gasteiger partial charge in [0.2, 0.25) is 0 Å². The Labute approximate surface area is 128 Å². The van der Waals surface area contributed by atoms with Crippen molar-refractivity contribution in [3.05, 3.63) is 64.7 Å². The first kappa shape index (κ1) is 15.1. The predicted octanol–water partition coefficient (Wildman–Crippen LogP) is 3.18. The maximum atomic E-state index is 11.6. The molecule has 1 N–H and O–H groups in total. The predicted molar refractivity (Wildman–Crippen MR) is 83.9 cm³/mol. The Morgan fingerprint density at radius 1 is 1.24 bits per heavy atom. The van der Waals surface area contributed by atoms with Crippen LogP contribution in [-0.4, -0.2) is 18.7 Å². The normalized spacial score (nSPS) is 10.6. The molecular weight excluding hydrogens is 288 g/mol. The number of hydrogen-bond donors (Lipinski definition) is 1. The van der Waals surface area contributed by atoms with Gasteiger partial charge in [-0.15, -0.1) is 0 Å². The van der Waals surface area contributed by atoms with E-state index in [4.69, 9.17) is 16.3 Å². The van der Waals surface area contributed by atoms with Crippen molar-refractivity contribution < 1.29 is 9.53 Å². The van der Waals surface area contributed by atoms with E-state index >= 15 is 0 Å². The van der Waals surface area contributed by atoms with E-state index in [2.05, 4.69) is 10.5 Å². The molecule has 0 aromatic heterocycles.